The third-order valence-electron chi connectivity index (χ3n) is 6.28. The molecule has 1 aliphatic carbocycles. The predicted octanol–water partition coefficient (Wildman–Crippen LogP) is 0.716. The molecule has 2 fully saturated rings. The number of hydrogen-bond acceptors (Lipinski definition) is 5. The van der Waals surface area contributed by atoms with Crippen molar-refractivity contribution < 1.29 is 9.59 Å². The molecule has 4 rings (SSSR count). The number of carbonyl (C=O) groups is 2. The second kappa shape index (κ2) is 7.47. The number of nitrogens with zero attached hydrogens (tertiary/aromatic N) is 4. The molecular formula is C20H27N7O2. The molecule has 1 spiro atoms. The maximum absolute atomic E-state index is 12.6. The fourth-order valence-corrected chi connectivity index (χ4v) is 4.63. The summed E-state index contributed by atoms with van der Waals surface area (Å²) in [5, 5.41) is 14.7. The maximum Gasteiger partial charge on any atom is 0.318 e. The first-order valence-electron chi connectivity index (χ1n) is 9.93. The van der Waals surface area contributed by atoms with Crippen molar-refractivity contribution in [1.82, 2.24) is 30.5 Å². The number of aromatic nitrogens is 3. The molecule has 1 aromatic heterocycles. The Labute approximate surface area is 169 Å². The van der Waals surface area contributed by atoms with Gasteiger partial charge in [-0.15, -0.1) is 5.10 Å². The summed E-state index contributed by atoms with van der Waals surface area (Å²) < 4.78 is 1.39. The van der Waals surface area contributed by atoms with Crippen LogP contribution in [0.2, 0.25) is 0 Å². The smallest absolute Gasteiger partial charge is 0.318 e. The van der Waals surface area contributed by atoms with Gasteiger partial charge in [-0.05, 0) is 38.3 Å². The molecule has 29 heavy (non-hydrogen) atoms. The van der Waals surface area contributed by atoms with E-state index >= 15 is 0 Å². The Hall–Kier alpha value is -2.94. The molecule has 0 radical (unpaired) electrons. The molecule has 1 saturated heterocycles. The number of rotatable bonds is 6. The normalized spacial score (nSPS) is 26.7. The van der Waals surface area contributed by atoms with Crippen LogP contribution < -0.4 is 16.4 Å². The average Bonchev–Trinajstić information content (AvgIpc) is 3.27. The SMILES string of the molecule is CNC1(c2ccccc2)CCC2(CC1)CN(Cc1cn(CC(N)=O)nn1)C(=O)N2. The van der Waals surface area contributed by atoms with E-state index in [1.165, 1.54) is 10.2 Å². The first kappa shape index (κ1) is 19.4. The highest BCUT2D eigenvalue weighted by atomic mass is 16.2. The van der Waals surface area contributed by atoms with Gasteiger partial charge >= 0.3 is 6.03 Å². The van der Waals surface area contributed by atoms with Gasteiger partial charge in [-0.25, -0.2) is 9.48 Å². The second-order valence-corrected chi connectivity index (χ2v) is 8.14. The first-order chi connectivity index (χ1) is 13.9. The van der Waals surface area contributed by atoms with Crippen molar-refractivity contribution in [1.29, 1.82) is 0 Å². The zero-order valence-corrected chi connectivity index (χ0v) is 16.6. The Morgan fingerprint density at radius 2 is 1.97 bits per heavy atom. The Kier molecular flexibility index (Phi) is 4.99. The number of nitrogens with two attached hydrogens (primary N) is 1. The molecule has 9 heteroatoms. The highest BCUT2D eigenvalue weighted by Gasteiger charge is 2.48. The average molecular weight is 397 g/mol. The van der Waals surface area contributed by atoms with Crippen molar-refractivity contribution >= 4 is 11.9 Å². The largest absolute Gasteiger partial charge is 0.368 e. The third-order valence-corrected chi connectivity index (χ3v) is 6.28. The lowest BCUT2D eigenvalue weighted by molar-refractivity contribution is -0.118. The molecule has 2 heterocycles. The standard InChI is InChI=1S/C20H27N7O2/c1-22-20(15-5-3-2-4-6-15)9-7-19(8-10-20)14-26(18(29)23-19)11-16-12-27(25-24-16)13-17(21)28/h2-6,12,22H,7-11,13-14H2,1H3,(H2,21,28)(H,23,29). The number of urea groups is 1. The van der Waals surface area contributed by atoms with Gasteiger partial charge in [0.15, 0.2) is 0 Å². The molecule has 0 atom stereocenters. The monoisotopic (exact) mass is 397 g/mol. The minimum atomic E-state index is -0.479. The first-order valence-corrected chi connectivity index (χ1v) is 9.93. The molecule has 2 aliphatic rings. The predicted molar refractivity (Wildman–Crippen MR) is 107 cm³/mol. The zero-order valence-electron chi connectivity index (χ0n) is 16.6. The van der Waals surface area contributed by atoms with Gasteiger partial charge in [0, 0.05) is 12.1 Å². The van der Waals surface area contributed by atoms with E-state index in [9.17, 15) is 9.59 Å². The summed E-state index contributed by atoms with van der Waals surface area (Å²) in [5.74, 6) is -0.479. The zero-order chi connectivity index (χ0) is 20.5. The van der Waals surface area contributed by atoms with Crippen LogP contribution in [-0.2, 0) is 23.4 Å². The van der Waals surface area contributed by atoms with Crippen LogP contribution >= 0.6 is 0 Å². The van der Waals surface area contributed by atoms with E-state index in [1.54, 1.807) is 11.1 Å². The molecule has 4 N–H and O–H groups in total. The summed E-state index contributed by atoms with van der Waals surface area (Å²) >= 11 is 0. The summed E-state index contributed by atoms with van der Waals surface area (Å²) in [6.07, 6.45) is 5.37. The topological polar surface area (TPSA) is 118 Å². The van der Waals surface area contributed by atoms with Crippen LogP contribution in [0.25, 0.3) is 0 Å². The number of nitrogens with one attached hydrogen (secondary N) is 2. The molecule has 2 aromatic rings. The van der Waals surface area contributed by atoms with Gasteiger partial charge in [0.1, 0.15) is 12.2 Å². The van der Waals surface area contributed by atoms with Crippen molar-refractivity contribution in [3.63, 3.8) is 0 Å². The van der Waals surface area contributed by atoms with Gasteiger partial charge in [0.2, 0.25) is 5.91 Å². The number of amides is 3. The van der Waals surface area contributed by atoms with Crippen molar-refractivity contribution in [2.75, 3.05) is 13.6 Å². The molecule has 9 nitrogen and oxygen atoms in total. The van der Waals surface area contributed by atoms with Crippen LogP contribution in [0, 0.1) is 0 Å². The van der Waals surface area contributed by atoms with E-state index < -0.39 is 5.91 Å². The van der Waals surface area contributed by atoms with E-state index in [2.05, 4.69) is 45.2 Å². The fraction of sp³-hybridized carbons (Fsp3) is 0.500. The van der Waals surface area contributed by atoms with E-state index in [-0.39, 0.29) is 23.7 Å². The Morgan fingerprint density at radius 3 is 2.62 bits per heavy atom. The van der Waals surface area contributed by atoms with E-state index in [0.717, 1.165) is 25.7 Å². The highest BCUT2D eigenvalue weighted by molar-refractivity contribution is 5.78. The Morgan fingerprint density at radius 1 is 1.24 bits per heavy atom. The highest BCUT2D eigenvalue weighted by Crippen LogP contribution is 2.43. The summed E-state index contributed by atoms with van der Waals surface area (Å²) in [5.41, 5.74) is 6.85. The van der Waals surface area contributed by atoms with Crippen LogP contribution in [0.1, 0.15) is 36.9 Å². The van der Waals surface area contributed by atoms with Gasteiger partial charge < -0.3 is 21.3 Å². The molecule has 3 amide bonds. The quantitative estimate of drug-likeness (QED) is 0.664. The molecular weight excluding hydrogens is 370 g/mol. The van der Waals surface area contributed by atoms with Crippen molar-refractivity contribution in [3.8, 4) is 0 Å². The molecule has 1 saturated carbocycles. The lowest BCUT2D eigenvalue weighted by Gasteiger charge is -2.45. The second-order valence-electron chi connectivity index (χ2n) is 8.14. The van der Waals surface area contributed by atoms with E-state index in [1.807, 2.05) is 13.1 Å². The molecule has 154 valence electrons. The molecule has 0 bridgehead atoms. The summed E-state index contributed by atoms with van der Waals surface area (Å²) in [4.78, 5) is 25.4. The summed E-state index contributed by atoms with van der Waals surface area (Å²) in [6, 6.07) is 10.4. The van der Waals surface area contributed by atoms with Gasteiger partial charge in [0.05, 0.1) is 18.3 Å². The molecule has 1 aliphatic heterocycles. The van der Waals surface area contributed by atoms with Crippen molar-refractivity contribution in [2.24, 2.45) is 5.73 Å². The Bertz CT molecular complexity index is 887. The number of hydrogen-bond donors (Lipinski definition) is 3. The van der Waals surface area contributed by atoms with Crippen LogP contribution in [0.5, 0.6) is 0 Å². The lowest BCUT2D eigenvalue weighted by atomic mass is 9.69. The third kappa shape index (κ3) is 3.82. The van der Waals surface area contributed by atoms with Gasteiger partial charge in [-0.1, -0.05) is 35.5 Å². The van der Waals surface area contributed by atoms with Gasteiger partial charge in [-0.2, -0.15) is 0 Å². The lowest BCUT2D eigenvalue weighted by Crippen LogP contribution is -2.53. The number of carbonyl (C=O) groups excluding carboxylic acids is 2. The van der Waals surface area contributed by atoms with E-state index in [0.29, 0.717) is 18.8 Å². The minimum Gasteiger partial charge on any atom is -0.368 e. The van der Waals surface area contributed by atoms with Crippen molar-refractivity contribution in [3.05, 3.63) is 47.8 Å². The van der Waals surface area contributed by atoms with Crippen LogP contribution in [0.4, 0.5) is 4.79 Å². The van der Waals surface area contributed by atoms with Crippen LogP contribution in [-0.4, -0.2) is 51.0 Å². The molecule has 1 aromatic carbocycles. The summed E-state index contributed by atoms with van der Waals surface area (Å²) in [7, 11) is 2.01. The van der Waals surface area contributed by atoms with Crippen molar-refractivity contribution in [2.45, 2.75) is 49.9 Å². The number of benzene rings is 1. The van der Waals surface area contributed by atoms with Crippen LogP contribution in [0.15, 0.2) is 36.5 Å². The fourth-order valence-electron chi connectivity index (χ4n) is 4.63. The minimum absolute atomic E-state index is 0.0191. The number of primary amides is 1. The van der Waals surface area contributed by atoms with Crippen LogP contribution in [0.3, 0.4) is 0 Å². The Balaban J connectivity index is 1.42. The maximum atomic E-state index is 12.6. The van der Waals surface area contributed by atoms with Gasteiger partial charge in [0.25, 0.3) is 0 Å². The summed E-state index contributed by atoms with van der Waals surface area (Å²) in [6.45, 7) is 0.986. The van der Waals surface area contributed by atoms with E-state index in [4.69, 9.17) is 5.73 Å². The van der Waals surface area contributed by atoms with Gasteiger partial charge in [-0.3, -0.25) is 4.79 Å². The molecule has 0 unspecified atom stereocenters.